The summed E-state index contributed by atoms with van der Waals surface area (Å²) in [5.74, 6) is -1.22. The lowest BCUT2D eigenvalue weighted by Gasteiger charge is -2.13. The number of nitrogens with zero attached hydrogens (tertiary/aromatic N) is 1. The summed E-state index contributed by atoms with van der Waals surface area (Å²) in [6, 6.07) is 2.80. The molecule has 0 saturated carbocycles. The van der Waals surface area contributed by atoms with E-state index in [1.54, 1.807) is 19.1 Å². The molecule has 0 spiro atoms. The molecule has 1 rings (SSSR count). The number of hydrogen-bond acceptors (Lipinski definition) is 2. The first-order valence-corrected chi connectivity index (χ1v) is 5.05. The molecule has 0 heterocycles. The van der Waals surface area contributed by atoms with Crippen molar-refractivity contribution in [2.45, 2.75) is 12.8 Å². The molecule has 4 heteroatoms. The maximum atomic E-state index is 13.2. The first-order valence-electron chi connectivity index (χ1n) is 4.26. The largest absolute Gasteiger partial charge is 0.506 e. The van der Waals surface area contributed by atoms with Crippen molar-refractivity contribution in [3.8, 4) is 11.8 Å². The lowest BCUT2D eigenvalue weighted by molar-refractivity contribution is 0.457. The van der Waals surface area contributed by atoms with Crippen molar-refractivity contribution >= 4 is 15.9 Å². The van der Waals surface area contributed by atoms with Crippen molar-refractivity contribution in [2.75, 3.05) is 0 Å². The van der Waals surface area contributed by atoms with Crippen molar-refractivity contribution in [3.63, 3.8) is 0 Å². The molecule has 0 fully saturated rings. The Morgan fingerprint density at radius 1 is 1.73 bits per heavy atom. The highest BCUT2D eigenvalue weighted by Gasteiger charge is 2.19. The normalized spacial score (nSPS) is 11.9. The van der Waals surface area contributed by atoms with E-state index in [0.29, 0.717) is 10.0 Å². The van der Waals surface area contributed by atoms with Crippen LogP contribution in [-0.2, 0) is 0 Å². The fourth-order valence-corrected chi connectivity index (χ4v) is 2.03. The molecule has 0 saturated heterocycles. The summed E-state index contributed by atoms with van der Waals surface area (Å²) in [5.41, 5.74) is 0.143. The molecule has 1 aromatic carbocycles. The topological polar surface area (TPSA) is 44.0 Å². The predicted molar refractivity (Wildman–Crippen MR) is 59.1 cm³/mol. The second-order valence-corrected chi connectivity index (χ2v) is 3.97. The van der Waals surface area contributed by atoms with Gasteiger partial charge in [-0.15, -0.1) is 6.58 Å². The Hall–Kier alpha value is -1.34. The second-order valence-electron chi connectivity index (χ2n) is 3.11. The summed E-state index contributed by atoms with van der Waals surface area (Å²) >= 11 is 3.15. The van der Waals surface area contributed by atoms with Gasteiger partial charge in [0.05, 0.1) is 0 Å². The zero-order valence-electron chi connectivity index (χ0n) is 8.09. The van der Waals surface area contributed by atoms with Crippen LogP contribution in [0, 0.1) is 17.1 Å². The third-order valence-corrected chi connectivity index (χ3v) is 2.82. The second kappa shape index (κ2) is 4.45. The Morgan fingerprint density at radius 2 is 2.33 bits per heavy atom. The maximum absolute atomic E-state index is 13.2. The molecule has 0 aliphatic carbocycles. The van der Waals surface area contributed by atoms with Gasteiger partial charge in [0.25, 0.3) is 0 Å². The molecule has 0 bridgehead atoms. The number of halogens is 2. The van der Waals surface area contributed by atoms with Crippen LogP contribution in [0.2, 0.25) is 0 Å². The van der Waals surface area contributed by atoms with Gasteiger partial charge in [-0.3, -0.25) is 0 Å². The minimum absolute atomic E-state index is 0.160. The van der Waals surface area contributed by atoms with E-state index in [2.05, 4.69) is 22.5 Å². The minimum Gasteiger partial charge on any atom is -0.506 e. The van der Waals surface area contributed by atoms with Crippen LogP contribution in [0.5, 0.6) is 5.75 Å². The summed E-state index contributed by atoms with van der Waals surface area (Å²) in [5, 5.41) is 18.4. The van der Waals surface area contributed by atoms with Crippen molar-refractivity contribution in [1.29, 1.82) is 5.26 Å². The van der Waals surface area contributed by atoms with Gasteiger partial charge in [0.2, 0.25) is 0 Å². The standard InChI is InChI=1S/C11H9BrFNO/c1-3-6(2)10-8(12)4-9(13)7(5-14)11(10)15/h3-4,6,15H,1H2,2H3. The smallest absolute Gasteiger partial charge is 0.145 e. The number of allylic oxidation sites excluding steroid dienone is 1. The Balaban J connectivity index is 3.54. The van der Waals surface area contributed by atoms with Crippen LogP contribution in [0.3, 0.4) is 0 Å². The van der Waals surface area contributed by atoms with Gasteiger partial charge in [-0.25, -0.2) is 4.39 Å². The molecule has 1 unspecified atom stereocenters. The van der Waals surface area contributed by atoms with Gasteiger partial charge in [-0.2, -0.15) is 5.26 Å². The van der Waals surface area contributed by atoms with Gasteiger partial charge >= 0.3 is 0 Å². The van der Waals surface area contributed by atoms with Crippen LogP contribution < -0.4 is 0 Å². The summed E-state index contributed by atoms with van der Waals surface area (Å²) in [4.78, 5) is 0. The van der Waals surface area contributed by atoms with E-state index in [0.717, 1.165) is 0 Å². The first kappa shape index (κ1) is 11.7. The molecule has 0 aromatic heterocycles. The minimum atomic E-state index is -0.734. The predicted octanol–water partition coefficient (Wildman–Crippen LogP) is 3.45. The van der Waals surface area contributed by atoms with E-state index in [1.807, 2.05) is 0 Å². The average Bonchev–Trinajstić information content (AvgIpc) is 2.17. The molecule has 0 aliphatic rings. The van der Waals surface area contributed by atoms with Crippen LogP contribution in [-0.4, -0.2) is 5.11 Å². The lowest BCUT2D eigenvalue weighted by atomic mass is 9.97. The quantitative estimate of drug-likeness (QED) is 0.836. The number of phenols is 1. The van der Waals surface area contributed by atoms with E-state index >= 15 is 0 Å². The van der Waals surface area contributed by atoms with E-state index < -0.39 is 5.82 Å². The molecule has 1 aromatic rings. The van der Waals surface area contributed by atoms with Crippen molar-refractivity contribution in [3.05, 3.63) is 40.1 Å². The fraction of sp³-hybridized carbons (Fsp3) is 0.182. The van der Waals surface area contributed by atoms with E-state index in [1.165, 1.54) is 6.07 Å². The summed E-state index contributed by atoms with van der Waals surface area (Å²) in [6.45, 7) is 5.39. The Morgan fingerprint density at radius 3 is 2.80 bits per heavy atom. The van der Waals surface area contributed by atoms with Crippen molar-refractivity contribution < 1.29 is 9.50 Å². The molecule has 1 N–H and O–H groups in total. The number of phenolic OH excluding ortho intramolecular Hbond substituents is 1. The number of rotatable bonds is 2. The van der Waals surface area contributed by atoms with Gasteiger partial charge in [0.1, 0.15) is 23.2 Å². The molecule has 0 amide bonds. The van der Waals surface area contributed by atoms with Gasteiger partial charge in [0, 0.05) is 16.0 Å². The van der Waals surface area contributed by atoms with Gasteiger partial charge < -0.3 is 5.11 Å². The molecule has 1 atom stereocenters. The van der Waals surface area contributed by atoms with Crippen LogP contribution in [0.25, 0.3) is 0 Å². The Kier molecular flexibility index (Phi) is 3.48. The van der Waals surface area contributed by atoms with E-state index in [9.17, 15) is 9.50 Å². The fourth-order valence-electron chi connectivity index (χ4n) is 1.28. The van der Waals surface area contributed by atoms with Gasteiger partial charge in [-0.1, -0.05) is 28.9 Å². The van der Waals surface area contributed by atoms with Crippen LogP contribution in [0.1, 0.15) is 24.0 Å². The third-order valence-electron chi connectivity index (χ3n) is 2.16. The highest BCUT2D eigenvalue weighted by Crippen LogP contribution is 2.37. The highest BCUT2D eigenvalue weighted by molar-refractivity contribution is 9.10. The SMILES string of the molecule is C=CC(C)c1c(Br)cc(F)c(C#N)c1O. The number of hydrogen-bond donors (Lipinski definition) is 1. The summed E-state index contributed by atoms with van der Waals surface area (Å²) < 4.78 is 13.7. The highest BCUT2D eigenvalue weighted by atomic mass is 79.9. The monoisotopic (exact) mass is 269 g/mol. The van der Waals surface area contributed by atoms with Crippen LogP contribution in [0.4, 0.5) is 4.39 Å². The van der Waals surface area contributed by atoms with Crippen LogP contribution in [0.15, 0.2) is 23.2 Å². The zero-order valence-corrected chi connectivity index (χ0v) is 9.68. The number of aromatic hydroxyl groups is 1. The van der Waals surface area contributed by atoms with Gasteiger partial charge in [0.15, 0.2) is 0 Å². The summed E-state index contributed by atoms with van der Waals surface area (Å²) in [7, 11) is 0. The molecule has 0 aliphatic heterocycles. The summed E-state index contributed by atoms with van der Waals surface area (Å²) in [6.07, 6.45) is 1.61. The number of nitriles is 1. The average molecular weight is 270 g/mol. The number of benzene rings is 1. The molecule has 2 nitrogen and oxygen atoms in total. The first-order chi connectivity index (χ1) is 7.02. The third kappa shape index (κ3) is 2.02. The molecule has 0 radical (unpaired) electrons. The molecular weight excluding hydrogens is 261 g/mol. The van der Waals surface area contributed by atoms with Crippen LogP contribution >= 0.6 is 15.9 Å². The molecule has 78 valence electrons. The Bertz CT molecular complexity index is 451. The zero-order chi connectivity index (χ0) is 11.6. The van der Waals surface area contributed by atoms with Gasteiger partial charge in [-0.05, 0) is 6.07 Å². The van der Waals surface area contributed by atoms with Crippen molar-refractivity contribution in [1.82, 2.24) is 0 Å². The molecular formula is C11H9BrFNO. The Labute approximate surface area is 95.8 Å². The maximum Gasteiger partial charge on any atom is 0.145 e. The molecule has 15 heavy (non-hydrogen) atoms. The van der Waals surface area contributed by atoms with E-state index in [-0.39, 0.29) is 17.2 Å². The van der Waals surface area contributed by atoms with E-state index in [4.69, 9.17) is 5.26 Å². The van der Waals surface area contributed by atoms with Crippen molar-refractivity contribution in [2.24, 2.45) is 0 Å². The lowest BCUT2D eigenvalue weighted by Crippen LogP contribution is -1.96.